The minimum Gasteiger partial charge on any atom is -0.444 e. The first-order chi connectivity index (χ1) is 16.1. The van der Waals surface area contributed by atoms with E-state index < -0.39 is 11.7 Å². The zero-order chi connectivity index (χ0) is 25.0. The maximum absolute atomic E-state index is 12.1. The number of aryl methyl sites for hydroxylation is 1. The molecule has 0 spiro atoms. The minimum atomic E-state index is -0.588. The molecule has 1 N–H and O–H groups in total. The van der Waals surface area contributed by atoms with Crippen molar-refractivity contribution in [2.45, 2.75) is 43.9 Å². The first kappa shape index (κ1) is 27.0. The molecule has 0 radical (unpaired) electrons. The van der Waals surface area contributed by atoms with Crippen LogP contribution in [0.3, 0.4) is 0 Å². The highest BCUT2D eigenvalue weighted by atomic mass is 32.2. The molecule has 0 aliphatic heterocycles. The van der Waals surface area contributed by atoms with Gasteiger partial charge in [0.15, 0.2) is 0 Å². The van der Waals surface area contributed by atoms with E-state index in [4.69, 9.17) is 4.74 Å². The fourth-order valence-corrected chi connectivity index (χ4v) is 3.58. The number of nitrogens with zero attached hydrogens (tertiary/aromatic N) is 1. The Balaban J connectivity index is 0.000000497. The quantitative estimate of drug-likeness (QED) is 0.397. The van der Waals surface area contributed by atoms with Crippen LogP contribution in [0.2, 0.25) is 0 Å². The molecule has 180 valence electrons. The highest BCUT2D eigenvalue weighted by Gasteiger charge is 2.21. The lowest BCUT2D eigenvalue weighted by Gasteiger charge is -2.24. The second-order valence-electron chi connectivity index (χ2n) is 8.84. The number of amides is 2. The fraction of sp³-hybridized carbons (Fsp3) is 0.286. The molecule has 0 saturated carbocycles. The predicted octanol–water partition coefficient (Wildman–Crippen LogP) is 6.78. The molecule has 34 heavy (non-hydrogen) atoms. The molecule has 5 nitrogen and oxygen atoms in total. The van der Waals surface area contributed by atoms with Crippen molar-refractivity contribution in [3.05, 3.63) is 96.1 Å². The Kier molecular flexibility index (Phi) is 10.7. The molecule has 3 aromatic rings. The van der Waals surface area contributed by atoms with E-state index in [-0.39, 0.29) is 12.5 Å². The number of nitrogens with one attached hydrogen (secondary N) is 1. The van der Waals surface area contributed by atoms with Gasteiger partial charge in [-0.25, -0.2) is 4.79 Å². The smallest absolute Gasteiger partial charge is 0.410 e. The summed E-state index contributed by atoms with van der Waals surface area (Å²) in [6, 6.07) is 28.2. The molecule has 3 rings (SSSR count). The van der Waals surface area contributed by atoms with Gasteiger partial charge in [0.05, 0.1) is 0 Å². The Morgan fingerprint density at radius 1 is 0.882 bits per heavy atom. The first-order valence-corrected chi connectivity index (χ1v) is 12.1. The lowest BCUT2D eigenvalue weighted by Crippen LogP contribution is -2.38. The van der Waals surface area contributed by atoms with Crippen molar-refractivity contribution in [2.75, 3.05) is 18.9 Å². The van der Waals surface area contributed by atoms with Gasteiger partial charge in [0, 0.05) is 23.4 Å². The lowest BCUT2D eigenvalue weighted by atomic mass is 10.2. The normalized spacial score (nSPS) is 10.5. The average molecular weight is 479 g/mol. The molecule has 0 aliphatic carbocycles. The second-order valence-corrected chi connectivity index (χ2v) is 9.89. The number of rotatable bonds is 6. The van der Waals surface area contributed by atoms with Gasteiger partial charge in [-0.1, -0.05) is 66.2 Å². The number of benzene rings is 3. The predicted molar refractivity (Wildman–Crippen MR) is 141 cm³/mol. The van der Waals surface area contributed by atoms with E-state index in [0.717, 1.165) is 10.6 Å². The van der Waals surface area contributed by atoms with Gasteiger partial charge >= 0.3 is 6.09 Å². The van der Waals surface area contributed by atoms with Gasteiger partial charge in [-0.3, -0.25) is 4.79 Å². The fourth-order valence-electron chi connectivity index (χ4n) is 2.73. The van der Waals surface area contributed by atoms with Gasteiger partial charge in [0.2, 0.25) is 5.91 Å². The van der Waals surface area contributed by atoms with Gasteiger partial charge in [0.25, 0.3) is 0 Å². The average Bonchev–Trinajstić information content (AvgIpc) is 2.79. The first-order valence-electron chi connectivity index (χ1n) is 11.1. The molecule has 0 aromatic heterocycles. The molecule has 0 saturated heterocycles. The number of carbonyl (C=O) groups excluding carboxylic acids is 2. The van der Waals surface area contributed by atoms with E-state index in [1.807, 2.05) is 60.7 Å². The number of hydrogen-bond donors (Lipinski definition) is 1. The number of ether oxygens (including phenoxy) is 1. The van der Waals surface area contributed by atoms with Crippen LogP contribution in [-0.2, 0) is 15.3 Å². The van der Waals surface area contributed by atoms with Crippen molar-refractivity contribution < 1.29 is 14.3 Å². The summed E-state index contributed by atoms with van der Waals surface area (Å²) in [5, 5.41) is 2.79. The molecular weight excluding hydrogens is 444 g/mol. The van der Waals surface area contributed by atoms with Crippen LogP contribution in [0.5, 0.6) is 0 Å². The Morgan fingerprint density at radius 2 is 1.44 bits per heavy atom. The summed E-state index contributed by atoms with van der Waals surface area (Å²) >= 11 is 1.74. The summed E-state index contributed by atoms with van der Waals surface area (Å²) in [6.07, 6.45) is -0.523. The van der Waals surface area contributed by atoms with Crippen molar-refractivity contribution in [3.8, 4) is 0 Å². The summed E-state index contributed by atoms with van der Waals surface area (Å²) in [5.41, 5.74) is 2.70. The van der Waals surface area contributed by atoms with Crippen LogP contribution < -0.4 is 5.32 Å². The summed E-state index contributed by atoms with van der Waals surface area (Å²) in [7, 11) is 1.54. The van der Waals surface area contributed by atoms with Crippen molar-refractivity contribution in [1.29, 1.82) is 0 Å². The lowest BCUT2D eigenvalue weighted by molar-refractivity contribution is -0.117. The van der Waals surface area contributed by atoms with Crippen molar-refractivity contribution >= 4 is 29.4 Å². The summed E-state index contributed by atoms with van der Waals surface area (Å²) in [4.78, 5) is 26.4. The van der Waals surface area contributed by atoms with E-state index in [1.54, 1.807) is 32.5 Å². The van der Waals surface area contributed by atoms with E-state index in [2.05, 4.69) is 36.5 Å². The molecule has 0 bridgehead atoms. The summed E-state index contributed by atoms with van der Waals surface area (Å²) in [5.74, 6) is 0.626. The summed E-state index contributed by atoms with van der Waals surface area (Å²) < 4.78 is 5.23. The molecule has 0 unspecified atom stereocenters. The minimum absolute atomic E-state index is 0.0700. The number of anilines is 1. The van der Waals surface area contributed by atoms with E-state index in [1.165, 1.54) is 23.1 Å². The summed E-state index contributed by atoms with van der Waals surface area (Å²) in [6.45, 7) is 7.38. The van der Waals surface area contributed by atoms with Crippen LogP contribution in [0.4, 0.5) is 10.5 Å². The highest BCUT2D eigenvalue weighted by Crippen LogP contribution is 2.24. The number of thioether (sulfide) groups is 1. The van der Waals surface area contributed by atoms with E-state index >= 15 is 0 Å². The third kappa shape index (κ3) is 11.1. The molecule has 0 heterocycles. The third-order valence-electron chi connectivity index (χ3n) is 4.41. The molecule has 6 heteroatoms. The molecule has 0 atom stereocenters. The van der Waals surface area contributed by atoms with Crippen LogP contribution >= 0.6 is 11.8 Å². The standard InChI is InChI=1S/C21H26N2O3S.C7H8/c1-21(2,3)26-20(25)23(4)14-19(24)22-17-10-12-18(13-11-17)27-15-16-8-6-5-7-9-16;1-7-5-3-2-4-6-7/h5-13H,14-15H2,1-4H3,(H,22,24);2-6H,1H3. The van der Waals surface area contributed by atoms with Gasteiger partial charge in [0.1, 0.15) is 12.1 Å². The van der Waals surface area contributed by atoms with Gasteiger partial charge in [-0.2, -0.15) is 0 Å². The van der Waals surface area contributed by atoms with Crippen molar-refractivity contribution in [3.63, 3.8) is 0 Å². The second kappa shape index (κ2) is 13.5. The molecule has 0 aliphatic rings. The topological polar surface area (TPSA) is 58.6 Å². The van der Waals surface area contributed by atoms with Crippen LogP contribution in [0.15, 0.2) is 89.8 Å². The largest absolute Gasteiger partial charge is 0.444 e. The Bertz CT molecular complexity index is 1020. The SMILES string of the molecule is CN(CC(=O)Nc1ccc(SCc2ccccc2)cc1)C(=O)OC(C)(C)C.Cc1ccccc1. The monoisotopic (exact) mass is 478 g/mol. The Morgan fingerprint density at radius 3 is 1.94 bits per heavy atom. The van der Waals surface area contributed by atoms with Crippen molar-refractivity contribution in [1.82, 2.24) is 4.90 Å². The highest BCUT2D eigenvalue weighted by molar-refractivity contribution is 7.98. The van der Waals surface area contributed by atoms with Crippen LogP contribution in [0.25, 0.3) is 0 Å². The van der Waals surface area contributed by atoms with E-state index in [9.17, 15) is 9.59 Å². The zero-order valence-electron chi connectivity index (χ0n) is 20.6. The third-order valence-corrected chi connectivity index (χ3v) is 5.50. The van der Waals surface area contributed by atoms with Gasteiger partial charge in [-0.15, -0.1) is 11.8 Å². The van der Waals surface area contributed by atoms with Gasteiger partial charge in [-0.05, 0) is 57.5 Å². The van der Waals surface area contributed by atoms with E-state index in [0.29, 0.717) is 5.69 Å². The maximum atomic E-state index is 12.1. The van der Waals surface area contributed by atoms with Crippen LogP contribution in [-0.4, -0.2) is 36.1 Å². The molecular formula is C28H34N2O3S. The molecule has 3 aromatic carbocycles. The molecule has 2 amide bonds. The number of hydrogen-bond acceptors (Lipinski definition) is 4. The maximum Gasteiger partial charge on any atom is 0.410 e. The zero-order valence-corrected chi connectivity index (χ0v) is 21.4. The van der Waals surface area contributed by atoms with Crippen molar-refractivity contribution in [2.24, 2.45) is 0 Å². The van der Waals surface area contributed by atoms with Crippen LogP contribution in [0, 0.1) is 6.92 Å². The van der Waals surface area contributed by atoms with Crippen LogP contribution in [0.1, 0.15) is 31.9 Å². The Labute approximate surface area is 207 Å². The number of likely N-dealkylation sites (N-methyl/N-ethyl adjacent to an activating group) is 1. The van der Waals surface area contributed by atoms with Gasteiger partial charge < -0.3 is 15.0 Å². The Hall–Kier alpha value is -3.25. The molecule has 0 fully saturated rings. The number of carbonyl (C=O) groups is 2.